The number of piperidine rings is 1. The molecule has 2 aromatic rings. The van der Waals surface area contributed by atoms with Crippen molar-refractivity contribution < 1.29 is 14.4 Å². The summed E-state index contributed by atoms with van der Waals surface area (Å²) in [4.78, 5) is 39.0. The molecule has 1 fully saturated rings. The fourth-order valence-corrected chi connectivity index (χ4v) is 4.19. The molecule has 154 valence electrons. The van der Waals surface area contributed by atoms with Gasteiger partial charge in [-0.2, -0.15) is 0 Å². The first-order valence-corrected chi connectivity index (χ1v) is 10.5. The molecular weight excluding hydrogens is 400 g/mol. The minimum Gasteiger partial charge on any atom is -0.329 e. The number of carbonyl (C=O) groups excluding carboxylic acids is 3. The van der Waals surface area contributed by atoms with Crippen molar-refractivity contribution in [1.29, 1.82) is 0 Å². The van der Waals surface area contributed by atoms with Crippen molar-refractivity contribution in [2.24, 2.45) is 0 Å². The van der Waals surface area contributed by atoms with Gasteiger partial charge in [0.25, 0.3) is 5.91 Å². The molecule has 6 heteroatoms. The molecule has 0 bridgehead atoms. The smallest absolute Gasteiger partial charge is 0.255 e. The maximum Gasteiger partial charge on any atom is 0.255 e. The van der Waals surface area contributed by atoms with E-state index in [4.69, 9.17) is 11.6 Å². The molecule has 1 atom stereocenters. The SMILES string of the molecule is C=C1CCC(N2Cc3cc(CCC(=O)Cc4ccc(Cl)cc4)ccc3C2=O)C(=O)N1. The van der Waals surface area contributed by atoms with E-state index in [0.29, 0.717) is 54.9 Å². The molecule has 4 rings (SSSR count). The number of benzene rings is 2. The predicted molar refractivity (Wildman–Crippen MR) is 115 cm³/mol. The number of fused-ring (bicyclic) bond motifs is 1. The molecule has 1 unspecified atom stereocenters. The Kier molecular flexibility index (Phi) is 5.73. The second kappa shape index (κ2) is 8.44. The Labute approximate surface area is 180 Å². The maximum absolute atomic E-state index is 12.8. The summed E-state index contributed by atoms with van der Waals surface area (Å²) in [6.07, 6.45) is 2.72. The molecule has 0 radical (unpaired) electrons. The molecule has 2 aromatic carbocycles. The van der Waals surface area contributed by atoms with E-state index in [1.807, 2.05) is 30.3 Å². The van der Waals surface area contributed by atoms with Crippen LogP contribution in [0.2, 0.25) is 5.02 Å². The second-order valence-electron chi connectivity index (χ2n) is 7.91. The zero-order chi connectivity index (χ0) is 21.3. The first-order chi connectivity index (χ1) is 14.4. The number of Topliss-reactive ketones (excluding diaryl/α,β-unsaturated/α-hetero) is 1. The highest BCUT2D eigenvalue weighted by molar-refractivity contribution is 6.30. The van der Waals surface area contributed by atoms with Gasteiger partial charge >= 0.3 is 0 Å². The zero-order valence-corrected chi connectivity index (χ0v) is 17.4. The molecule has 2 amide bonds. The number of carbonyl (C=O) groups is 3. The summed E-state index contributed by atoms with van der Waals surface area (Å²) in [5, 5.41) is 3.40. The highest BCUT2D eigenvalue weighted by atomic mass is 35.5. The van der Waals surface area contributed by atoms with Gasteiger partial charge in [0.1, 0.15) is 11.8 Å². The summed E-state index contributed by atoms with van der Waals surface area (Å²) in [6.45, 7) is 4.21. The van der Waals surface area contributed by atoms with E-state index in [1.54, 1.807) is 17.0 Å². The second-order valence-corrected chi connectivity index (χ2v) is 8.35. The van der Waals surface area contributed by atoms with Crippen LogP contribution in [0, 0.1) is 0 Å². The lowest BCUT2D eigenvalue weighted by molar-refractivity contribution is -0.126. The third kappa shape index (κ3) is 4.31. The maximum atomic E-state index is 12.8. The van der Waals surface area contributed by atoms with Gasteiger partial charge in [-0.1, -0.05) is 42.4 Å². The quantitative estimate of drug-likeness (QED) is 0.769. The van der Waals surface area contributed by atoms with Crippen LogP contribution in [0.15, 0.2) is 54.7 Å². The van der Waals surface area contributed by atoms with Crippen LogP contribution in [0.4, 0.5) is 0 Å². The average Bonchev–Trinajstić information content (AvgIpc) is 3.04. The van der Waals surface area contributed by atoms with Crippen molar-refractivity contribution in [1.82, 2.24) is 10.2 Å². The number of nitrogens with zero attached hydrogens (tertiary/aromatic N) is 1. The molecule has 2 aliphatic heterocycles. The number of hydrogen-bond acceptors (Lipinski definition) is 3. The minimum absolute atomic E-state index is 0.108. The number of nitrogens with one attached hydrogen (secondary N) is 1. The van der Waals surface area contributed by atoms with Gasteiger partial charge in [-0.15, -0.1) is 0 Å². The summed E-state index contributed by atoms with van der Waals surface area (Å²) in [5.74, 6) is -0.113. The van der Waals surface area contributed by atoms with Crippen LogP contribution in [-0.2, 0) is 29.0 Å². The lowest BCUT2D eigenvalue weighted by atomic mass is 10.00. The largest absolute Gasteiger partial charge is 0.329 e. The van der Waals surface area contributed by atoms with Gasteiger partial charge in [0.15, 0.2) is 0 Å². The van der Waals surface area contributed by atoms with E-state index in [1.165, 1.54) is 0 Å². The summed E-state index contributed by atoms with van der Waals surface area (Å²) in [6, 6.07) is 12.6. The van der Waals surface area contributed by atoms with Crippen molar-refractivity contribution in [3.63, 3.8) is 0 Å². The van der Waals surface area contributed by atoms with Crippen molar-refractivity contribution in [2.45, 2.75) is 44.7 Å². The van der Waals surface area contributed by atoms with Gasteiger partial charge in [0.2, 0.25) is 5.91 Å². The molecule has 0 saturated carbocycles. The summed E-state index contributed by atoms with van der Waals surface area (Å²) in [7, 11) is 0. The Morgan fingerprint density at radius 1 is 1.13 bits per heavy atom. The van der Waals surface area contributed by atoms with Gasteiger partial charge in [0.05, 0.1) is 0 Å². The van der Waals surface area contributed by atoms with Gasteiger partial charge in [-0.05, 0) is 54.2 Å². The summed E-state index contributed by atoms with van der Waals surface area (Å²) < 4.78 is 0. The van der Waals surface area contributed by atoms with Crippen LogP contribution in [-0.4, -0.2) is 28.5 Å². The lowest BCUT2D eigenvalue weighted by Gasteiger charge is -2.30. The zero-order valence-electron chi connectivity index (χ0n) is 16.6. The molecule has 0 spiro atoms. The molecule has 0 aromatic heterocycles. The number of allylic oxidation sites excluding steroid dienone is 1. The Hall–Kier alpha value is -2.92. The van der Waals surface area contributed by atoms with E-state index >= 15 is 0 Å². The number of ketones is 1. The topological polar surface area (TPSA) is 66.5 Å². The van der Waals surface area contributed by atoms with Gasteiger partial charge in [0, 0.05) is 35.7 Å². The molecule has 5 nitrogen and oxygen atoms in total. The highest BCUT2D eigenvalue weighted by Gasteiger charge is 2.38. The number of aryl methyl sites for hydroxylation is 1. The third-order valence-corrected chi connectivity index (χ3v) is 5.96. The summed E-state index contributed by atoms with van der Waals surface area (Å²) >= 11 is 5.88. The number of amides is 2. The fourth-order valence-electron chi connectivity index (χ4n) is 4.07. The van der Waals surface area contributed by atoms with Gasteiger partial charge in [-0.3, -0.25) is 14.4 Å². The van der Waals surface area contributed by atoms with Crippen LogP contribution in [0.3, 0.4) is 0 Å². The van der Waals surface area contributed by atoms with Crippen molar-refractivity contribution in [3.05, 3.63) is 82.0 Å². The first-order valence-electron chi connectivity index (χ1n) is 10.1. The molecule has 1 saturated heterocycles. The lowest BCUT2D eigenvalue weighted by Crippen LogP contribution is -2.49. The van der Waals surface area contributed by atoms with Crippen molar-refractivity contribution >= 4 is 29.2 Å². The van der Waals surface area contributed by atoms with E-state index in [2.05, 4.69) is 11.9 Å². The van der Waals surface area contributed by atoms with Gasteiger partial charge in [-0.25, -0.2) is 0 Å². The first kappa shape index (κ1) is 20.4. The Morgan fingerprint density at radius 2 is 1.87 bits per heavy atom. The fraction of sp³-hybridized carbons (Fsp3) is 0.292. The molecule has 2 aliphatic rings. The molecule has 0 aliphatic carbocycles. The average molecular weight is 423 g/mol. The predicted octanol–water partition coefficient (Wildman–Crippen LogP) is 3.83. The van der Waals surface area contributed by atoms with Crippen molar-refractivity contribution in [2.75, 3.05) is 0 Å². The van der Waals surface area contributed by atoms with Crippen LogP contribution < -0.4 is 5.32 Å². The van der Waals surface area contributed by atoms with Gasteiger partial charge < -0.3 is 10.2 Å². The number of hydrogen-bond donors (Lipinski definition) is 1. The van der Waals surface area contributed by atoms with Crippen LogP contribution >= 0.6 is 11.6 Å². The number of halogens is 1. The molecule has 1 N–H and O–H groups in total. The summed E-state index contributed by atoms with van der Waals surface area (Å²) in [5.41, 5.74) is 4.23. The molecule has 2 heterocycles. The standard InChI is InChI=1S/C24H23ClN2O3/c1-15-2-11-22(23(29)26-15)27-14-18-12-16(6-10-21(18)24(27)30)5-9-20(28)13-17-3-7-19(25)8-4-17/h3-4,6-8,10,12,22H,1-2,5,9,11,13-14H2,(H,26,29). The molecule has 30 heavy (non-hydrogen) atoms. The van der Waals surface area contributed by atoms with Crippen molar-refractivity contribution in [3.8, 4) is 0 Å². The minimum atomic E-state index is -0.459. The van der Waals surface area contributed by atoms with Crippen LogP contribution in [0.5, 0.6) is 0 Å². The Bertz CT molecular complexity index is 1030. The van der Waals surface area contributed by atoms with E-state index in [9.17, 15) is 14.4 Å². The van der Waals surface area contributed by atoms with Crippen LogP contribution in [0.25, 0.3) is 0 Å². The van der Waals surface area contributed by atoms with E-state index in [0.717, 1.165) is 16.7 Å². The Balaban J connectivity index is 1.38. The number of rotatable bonds is 6. The Morgan fingerprint density at radius 3 is 2.60 bits per heavy atom. The van der Waals surface area contributed by atoms with Crippen LogP contribution in [0.1, 0.15) is 46.3 Å². The monoisotopic (exact) mass is 422 g/mol. The normalized spacial score (nSPS) is 18.4. The highest BCUT2D eigenvalue weighted by Crippen LogP contribution is 2.29. The van der Waals surface area contributed by atoms with E-state index < -0.39 is 6.04 Å². The third-order valence-electron chi connectivity index (χ3n) is 5.71. The van der Waals surface area contributed by atoms with E-state index in [-0.39, 0.29) is 17.6 Å². The molecular formula is C24H23ClN2O3.